The van der Waals surface area contributed by atoms with Crippen molar-refractivity contribution in [2.45, 2.75) is 23.3 Å². The van der Waals surface area contributed by atoms with Crippen LogP contribution in [-0.4, -0.2) is 38.9 Å². The van der Waals surface area contributed by atoms with E-state index in [2.05, 4.69) is 4.72 Å². The second-order valence-electron chi connectivity index (χ2n) is 4.74. The van der Waals surface area contributed by atoms with Crippen LogP contribution in [0.15, 0.2) is 23.1 Å². The number of nitrogens with one attached hydrogen (secondary N) is 1. The van der Waals surface area contributed by atoms with E-state index in [1.807, 2.05) is 0 Å². The molecule has 20 heavy (non-hydrogen) atoms. The molecule has 0 saturated carbocycles. The lowest BCUT2D eigenvalue weighted by molar-refractivity contribution is -0.0588. The molecule has 8 heteroatoms. The highest BCUT2D eigenvalue weighted by Gasteiger charge is 2.32. The van der Waals surface area contributed by atoms with E-state index in [1.54, 1.807) is 0 Å². The molecule has 1 heterocycles. The monoisotopic (exact) mass is 323 g/mol. The van der Waals surface area contributed by atoms with Crippen molar-refractivity contribution in [2.75, 3.05) is 19.8 Å². The van der Waals surface area contributed by atoms with Gasteiger partial charge in [0, 0.05) is 37.6 Å². The Hall–Kier alpha value is -0.730. The Morgan fingerprint density at radius 2 is 2.05 bits per heavy atom. The summed E-state index contributed by atoms with van der Waals surface area (Å²) in [5.74, 6) is -0.927. The van der Waals surface area contributed by atoms with Crippen LogP contribution >= 0.6 is 11.6 Å². The lowest BCUT2D eigenvalue weighted by Crippen LogP contribution is -2.46. The van der Waals surface area contributed by atoms with Crippen LogP contribution in [-0.2, 0) is 14.8 Å². The van der Waals surface area contributed by atoms with Crippen LogP contribution < -0.4 is 4.72 Å². The SMILES string of the molecule is O=S(=O)(NCC1(O)CCOCC1)c1ccc(Cl)cc1F. The van der Waals surface area contributed by atoms with Gasteiger partial charge in [0.25, 0.3) is 0 Å². The molecule has 0 amide bonds. The standard InChI is InChI=1S/C12H15ClFNO4S/c13-9-1-2-11(10(14)7-9)20(17,18)15-8-12(16)3-5-19-6-4-12/h1-2,7,15-16H,3-6,8H2. The maximum absolute atomic E-state index is 13.6. The largest absolute Gasteiger partial charge is 0.388 e. The number of benzene rings is 1. The minimum Gasteiger partial charge on any atom is -0.388 e. The number of rotatable bonds is 4. The number of hydrogen-bond donors (Lipinski definition) is 2. The third-order valence-electron chi connectivity index (χ3n) is 3.20. The first-order valence-corrected chi connectivity index (χ1v) is 7.93. The fraction of sp³-hybridized carbons (Fsp3) is 0.500. The van der Waals surface area contributed by atoms with Crippen molar-refractivity contribution >= 4 is 21.6 Å². The molecule has 1 fully saturated rings. The Morgan fingerprint density at radius 3 is 2.65 bits per heavy atom. The molecular weight excluding hydrogens is 309 g/mol. The molecule has 1 aliphatic rings. The first-order valence-electron chi connectivity index (χ1n) is 6.07. The molecule has 0 radical (unpaired) electrons. The summed E-state index contributed by atoms with van der Waals surface area (Å²) in [6, 6.07) is 3.32. The molecule has 1 saturated heterocycles. The van der Waals surface area contributed by atoms with Gasteiger partial charge >= 0.3 is 0 Å². The fourth-order valence-electron chi connectivity index (χ4n) is 1.93. The van der Waals surface area contributed by atoms with Crippen molar-refractivity contribution in [1.82, 2.24) is 4.72 Å². The Labute approximate surface area is 121 Å². The molecule has 5 nitrogen and oxygen atoms in total. The molecule has 1 aromatic rings. The lowest BCUT2D eigenvalue weighted by atomic mass is 9.95. The van der Waals surface area contributed by atoms with E-state index in [1.165, 1.54) is 6.07 Å². The Kier molecular flexibility index (Phi) is 4.66. The number of hydrogen-bond acceptors (Lipinski definition) is 4. The molecule has 0 unspecified atom stereocenters. The average Bonchev–Trinajstić information content (AvgIpc) is 2.37. The first-order chi connectivity index (χ1) is 9.32. The van der Waals surface area contributed by atoms with Gasteiger partial charge in [-0.05, 0) is 18.2 Å². The maximum Gasteiger partial charge on any atom is 0.243 e. The molecule has 0 aromatic heterocycles. The van der Waals surface area contributed by atoms with Gasteiger partial charge < -0.3 is 9.84 Å². The van der Waals surface area contributed by atoms with E-state index < -0.39 is 26.3 Å². The number of ether oxygens (including phenoxy) is 1. The predicted octanol–water partition coefficient (Wildman–Crippen LogP) is 1.30. The summed E-state index contributed by atoms with van der Waals surface area (Å²) in [5, 5.41) is 10.3. The van der Waals surface area contributed by atoms with Crippen molar-refractivity contribution in [3.8, 4) is 0 Å². The van der Waals surface area contributed by atoms with Gasteiger partial charge in [-0.1, -0.05) is 11.6 Å². The quantitative estimate of drug-likeness (QED) is 0.875. The Morgan fingerprint density at radius 1 is 1.40 bits per heavy atom. The van der Waals surface area contributed by atoms with E-state index in [0.29, 0.717) is 26.1 Å². The van der Waals surface area contributed by atoms with Gasteiger partial charge in [-0.3, -0.25) is 0 Å². The van der Waals surface area contributed by atoms with Gasteiger partial charge in [-0.2, -0.15) is 0 Å². The smallest absolute Gasteiger partial charge is 0.243 e. The summed E-state index contributed by atoms with van der Waals surface area (Å²) in [6.45, 7) is 0.557. The topological polar surface area (TPSA) is 75.6 Å². The normalized spacial score (nSPS) is 18.9. The van der Waals surface area contributed by atoms with E-state index in [9.17, 15) is 17.9 Å². The van der Waals surface area contributed by atoms with Crippen LogP contribution in [0.1, 0.15) is 12.8 Å². The molecule has 112 valence electrons. The summed E-state index contributed by atoms with van der Waals surface area (Å²) in [5.41, 5.74) is -1.16. The summed E-state index contributed by atoms with van der Waals surface area (Å²) >= 11 is 5.58. The van der Waals surface area contributed by atoms with Crippen LogP contribution in [0.4, 0.5) is 4.39 Å². The zero-order valence-corrected chi connectivity index (χ0v) is 12.2. The van der Waals surface area contributed by atoms with Crippen molar-refractivity contribution in [2.24, 2.45) is 0 Å². The Balaban J connectivity index is 2.11. The van der Waals surface area contributed by atoms with E-state index in [0.717, 1.165) is 12.1 Å². The molecule has 1 aliphatic heterocycles. The molecule has 2 N–H and O–H groups in total. The highest BCUT2D eigenvalue weighted by atomic mass is 35.5. The van der Waals surface area contributed by atoms with E-state index in [4.69, 9.17) is 16.3 Å². The summed E-state index contributed by atoms with van der Waals surface area (Å²) < 4.78 is 45.0. The molecule has 0 bridgehead atoms. The van der Waals surface area contributed by atoms with Crippen LogP contribution in [0.2, 0.25) is 5.02 Å². The predicted molar refractivity (Wildman–Crippen MR) is 71.6 cm³/mol. The van der Waals surface area contributed by atoms with Crippen molar-refractivity contribution in [1.29, 1.82) is 0 Å². The fourth-order valence-corrected chi connectivity index (χ4v) is 3.26. The van der Waals surface area contributed by atoms with E-state index in [-0.39, 0.29) is 11.6 Å². The molecular formula is C12H15ClFNO4S. The van der Waals surface area contributed by atoms with Crippen LogP contribution in [0.3, 0.4) is 0 Å². The molecule has 2 rings (SSSR count). The van der Waals surface area contributed by atoms with Gasteiger partial charge in [-0.25, -0.2) is 17.5 Å². The first kappa shape index (κ1) is 15.7. The third kappa shape index (κ3) is 3.67. The number of sulfonamides is 1. The second kappa shape index (κ2) is 5.95. The molecule has 1 aromatic carbocycles. The van der Waals surface area contributed by atoms with Gasteiger partial charge in [0.05, 0.1) is 5.60 Å². The van der Waals surface area contributed by atoms with Crippen LogP contribution in [0.5, 0.6) is 0 Å². The highest BCUT2D eigenvalue weighted by molar-refractivity contribution is 7.89. The van der Waals surface area contributed by atoms with Crippen molar-refractivity contribution < 1.29 is 22.7 Å². The molecule has 0 aliphatic carbocycles. The average molecular weight is 324 g/mol. The third-order valence-corrected chi connectivity index (χ3v) is 4.87. The zero-order valence-electron chi connectivity index (χ0n) is 10.6. The van der Waals surface area contributed by atoms with Gasteiger partial charge in [0.1, 0.15) is 10.7 Å². The number of aliphatic hydroxyl groups is 1. The summed E-state index contributed by atoms with van der Waals surface area (Å²) in [6.07, 6.45) is 0.664. The van der Waals surface area contributed by atoms with Crippen LogP contribution in [0, 0.1) is 5.82 Å². The van der Waals surface area contributed by atoms with Gasteiger partial charge in [-0.15, -0.1) is 0 Å². The summed E-state index contributed by atoms with van der Waals surface area (Å²) in [4.78, 5) is -0.488. The number of halogens is 2. The van der Waals surface area contributed by atoms with Crippen molar-refractivity contribution in [3.05, 3.63) is 29.0 Å². The second-order valence-corrected chi connectivity index (χ2v) is 6.91. The summed E-state index contributed by atoms with van der Waals surface area (Å²) in [7, 11) is -4.03. The van der Waals surface area contributed by atoms with Crippen molar-refractivity contribution in [3.63, 3.8) is 0 Å². The van der Waals surface area contributed by atoms with Crippen LogP contribution in [0.25, 0.3) is 0 Å². The van der Waals surface area contributed by atoms with E-state index >= 15 is 0 Å². The molecule has 0 atom stereocenters. The lowest BCUT2D eigenvalue weighted by Gasteiger charge is -2.31. The van der Waals surface area contributed by atoms with Gasteiger partial charge in [0.15, 0.2) is 0 Å². The zero-order chi connectivity index (χ0) is 14.8. The van der Waals surface area contributed by atoms with Gasteiger partial charge in [0.2, 0.25) is 10.0 Å². The Bertz CT molecular complexity index is 587. The minimum absolute atomic E-state index is 0.115. The molecule has 0 spiro atoms. The minimum atomic E-state index is -4.03. The highest BCUT2D eigenvalue weighted by Crippen LogP contribution is 2.22. The maximum atomic E-state index is 13.6.